The zero-order chi connectivity index (χ0) is 21.7. The summed E-state index contributed by atoms with van der Waals surface area (Å²) in [6.07, 6.45) is 1.30. The first-order chi connectivity index (χ1) is 13.5. The fraction of sp³-hybridized carbons (Fsp3) is 0.875. The van der Waals surface area contributed by atoms with Gasteiger partial charge in [-0.25, -0.2) is 13.4 Å². The van der Waals surface area contributed by atoms with Crippen LogP contribution in [0.25, 0.3) is 0 Å². The number of aliphatic imine (C=N–C) groups is 1. The van der Waals surface area contributed by atoms with Crippen LogP contribution in [0.1, 0.15) is 19.3 Å². The van der Waals surface area contributed by atoms with Crippen LogP contribution in [0.5, 0.6) is 0 Å². The molecule has 2 aliphatic rings. The van der Waals surface area contributed by atoms with Crippen molar-refractivity contribution in [3.8, 4) is 0 Å². The molecule has 29 heavy (non-hydrogen) atoms. The predicted molar refractivity (Wildman–Crippen MR) is 101 cm³/mol. The minimum atomic E-state index is -5.31. The van der Waals surface area contributed by atoms with Crippen molar-refractivity contribution in [2.45, 2.75) is 30.8 Å². The molecule has 0 aromatic rings. The van der Waals surface area contributed by atoms with Crippen LogP contribution in [0.2, 0.25) is 0 Å². The highest BCUT2D eigenvalue weighted by molar-refractivity contribution is 7.90. The Bertz CT molecular complexity index is 685. The van der Waals surface area contributed by atoms with Crippen molar-refractivity contribution in [3.63, 3.8) is 0 Å². The molecule has 168 valence electrons. The van der Waals surface area contributed by atoms with Gasteiger partial charge in [-0.3, -0.25) is 4.79 Å². The molecule has 1 amide bonds. The van der Waals surface area contributed by atoms with Crippen LogP contribution in [0.15, 0.2) is 4.99 Å². The molecule has 13 heteroatoms. The van der Waals surface area contributed by atoms with Gasteiger partial charge in [-0.2, -0.15) is 17.5 Å². The van der Waals surface area contributed by atoms with Crippen LogP contribution in [-0.2, 0) is 19.6 Å². The first kappa shape index (κ1) is 23.7. The Morgan fingerprint density at radius 2 is 1.90 bits per heavy atom. The molecular formula is C16H28F3N5O4S. The summed E-state index contributed by atoms with van der Waals surface area (Å²) in [6.45, 7) is 1.36. The lowest BCUT2D eigenvalue weighted by Crippen LogP contribution is -2.52. The van der Waals surface area contributed by atoms with E-state index in [-0.39, 0.29) is 44.4 Å². The first-order valence-corrected chi connectivity index (χ1v) is 10.8. The second-order valence-electron chi connectivity index (χ2n) is 7.33. The average Bonchev–Trinajstić information content (AvgIpc) is 3.16. The standard InChI is InChI=1S/C16H28F3N5O4S/c1-23(2)14(25)10-21-15(20-9-12-5-8-28-11-12)22-13-3-6-24(7-4-13)29(26,27)16(17,18)19/h12-13H,3-11H2,1-2H3,(H2,20,21,22). The number of rotatable bonds is 6. The van der Waals surface area contributed by atoms with Gasteiger partial charge in [0.1, 0.15) is 6.54 Å². The van der Waals surface area contributed by atoms with Gasteiger partial charge in [-0.15, -0.1) is 0 Å². The van der Waals surface area contributed by atoms with Crippen LogP contribution in [0.3, 0.4) is 0 Å². The maximum absolute atomic E-state index is 12.7. The maximum Gasteiger partial charge on any atom is 0.511 e. The van der Waals surface area contributed by atoms with Gasteiger partial charge in [0.05, 0.1) is 6.61 Å². The highest BCUT2D eigenvalue weighted by Crippen LogP contribution is 2.28. The van der Waals surface area contributed by atoms with Crippen LogP contribution >= 0.6 is 0 Å². The number of ether oxygens (including phenoxy) is 1. The smallest absolute Gasteiger partial charge is 0.381 e. The van der Waals surface area contributed by atoms with Crippen LogP contribution < -0.4 is 10.6 Å². The topological polar surface area (TPSA) is 103 Å². The number of hydrogen-bond donors (Lipinski definition) is 2. The number of likely N-dealkylation sites (N-methyl/N-ethyl adjacent to an activating group) is 1. The third-order valence-corrected chi connectivity index (χ3v) is 6.51. The quantitative estimate of drug-likeness (QED) is 0.441. The van der Waals surface area contributed by atoms with Crippen LogP contribution in [0.4, 0.5) is 13.2 Å². The first-order valence-electron chi connectivity index (χ1n) is 9.40. The molecule has 0 radical (unpaired) electrons. The number of guanidine groups is 1. The van der Waals surface area contributed by atoms with E-state index in [1.165, 1.54) is 4.90 Å². The molecule has 2 aliphatic heterocycles. The van der Waals surface area contributed by atoms with E-state index in [1.807, 2.05) is 0 Å². The summed E-state index contributed by atoms with van der Waals surface area (Å²) in [6, 6.07) is -0.254. The van der Waals surface area contributed by atoms with Crippen molar-refractivity contribution in [2.75, 3.05) is 53.5 Å². The van der Waals surface area contributed by atoms with Crippen molar-refractivity contribution >= 4 is 21.9 Å². The Balaban J connectivity index is 1.94. The zero-order valence-electron chi connectivity index (χ0n) is 16.5. The number of sulfonamides is 1. The number of halogens is 3. The number of piperidine rings is 1. The number of carbonyl (C=O) groups is 1. The average molecular weight is 443 g/mol. The fourth-order valence-corrected chi connectivity index (χ4v) is 3.99. The Labute approximate surface area is 168 Å². The molecule has 2 rings (SSSR count). The van der Waals surface area contributed by atoms with Gasteiger partial charge in [0.25, 0.3) is 0 Å². The van der Waals surface area contributed by atoms with Gasteiger partial charge in [-0.1, -0.05) is 0 Å². The third kappa shape index (κ3) is 6.71. The van der Waals surface area contributed by atoms with Crippen molar-refractivity contribution in [3.05, 3.63) is 0 Å². The lowest BCUT2D eigenvalue weighted by Gasteiger charge is -2.32. The lowest BCUT2D eigenvalue weighted by molar-refractivity contribution is -0.127. The molecule has 0 bridgehead atoms. The van der Waals surface area contributed by atoms with Gasteiger partial charge in [0.2, 0.25) is 5.91 Å². The molecule has 0 aromatic heterocycles. The number of nitrogens with zero attached hydrogens (tertiary/aromatic N) is 3. The van der Waals surface area contributed by atoms with Crippen LogP contribution in [-0.4, -0.2) is 94.5 Å². The van der Waals surface area contributed by atoms with Gasteiger partial charge in [0.15, 0.2) is 5.96 Å². The monoisotopic (exact) mass is 443 g/mol. The third-order valence-electron chi connectivity index (χ3n) is 4.88. The highest BCUT2D eigenvalue weighted by Gasteiger charge is 2.50. The van der Waals surface area contributed by atoms with Crippen molar-refractivity contribution in [1.82, 2.24) is 19.8 Å². The van der Waals surface area contributed by atoms with E-state index in [0.717, 1.165) is 6.42 Å². The van der Waals surface area contributed by atoms with Gasteiger partial charge >= 0.3 is 15.5 Å². The lowest BCUT2D eigenvalue weighted by atomic mass is 10.1. The SMILES string of the molecule is CN(C)C(=O)CN=C(NCC1CCOC1)NC1CCN(S(=O)(=O)C(F)(F)F)CC1. The molecule has 2 heterocycles. The van der Waals surface area contributed by atoms with Crippen molar-refractivity contribution in [1.29, 1.82) is 0 Å². The molecule has 1 atom stereocenters. The summed E-state index contributed by atoms with van der Waals surface area (Å²) < 4.78 is 66.9. The van der Waals surface area contributed by atoms with Gasteiger partial charge in [0, 0.05) is 52.3 Å². The summed E-state index contributed by atoms with van der Waals surface area (Å²) >= 11 is 0. The maximum atomic E-state index is 12.7. The minimum absolute atomic E-state index is 0.0786. The molecular weight excluding hydrogens is 415 g/mol. The summed E-state index contributed by atoms with van der Waals surface area (Å²) in [5, 5.41) is 6.25. The molecule has 0 aliphatic carbocycles. The molecule has 0 aromatic carbocycles. The van der Waals surface area contributed by atoms with E-state index < -0.39 is 15.5 Å². The van der Waals surface area contributed by atoms with Crippen molar-refractivity contribution in [2.24, 2.45) is 10.9 Å². The number of nitrogens with one attached hydrogen (secondary N) is 2. The molecule has 0 spiro atoms. The minimum Gasteiger partial charge on any atom is -0.381 e. The molecule has 1 unspecified atom stereocenters. The second-order valence-corrected chi connectivity index (χ2v) is 9.26. The van der Waals surface area contributed by atoms with Crippen LogP contribution in [0, 0.1) is 5.92 Å². The van der Waals surface area contributed by atoms with E-state index in [0.29, 0.717) is 35.9 Å². The van der Waals surface area contributed by atoms with Crippen molar-refractivity contribution < 1.29 is 31.1 Å². The summed E-state index contributed by atoms with van der Waals surface area (Å²) in [5.74, 6) is 0.496. The largest absolute Gasteiger partial charge is 0.511 e. The number of carbonyl (C=O) groups excluding carboxylic acids is 1. The zero-order valence-corrected chi connectivity index (χ0v) is 17.4. The molecule has 2 saturated heterocycles. The van der Waals surface area contributed by atoms with E-state index in [2.05, 4.69) is 15.6 Å². The Morgan fingerprint density at radius 1 is 1.24 bits per heavy atom. The number of alkyl halides is 3. The Kier molecular flexibility index (Phi) is 8.11. The molecule has 9 nitrogen and oxygen atoms in total. The number of amides is 1. The Morgan fingerprint density at radius 3 is 2.41 bits per heavy atom. The number of hydrogen-bond acceptors (Lipinski definition) is 5. The second kappa shape index (κ2) is 9.94. The summed E-state index contributed by atoms with van der Waals surface area (Å²) in [7, 11) is -2.08. The summed E-state index contributed by atoms with van der Waals surface area (Å²) in [4.78, 5) is 17.5. The van der Waals surface area contributed by atoms with E-state index in [9.17, 15) is 26.4 Å². The summed E-state index contributed by atoms with van der Waals surface area (Å²) in [5.41, 5.74) is -5.29. The van der Waals surface area contributed by atoms with E-state index >= 15 is 0 Å². The Hall–Kier alpha value is -1.60. The predicted octanol–water partition coefficient (Wildman–Crippen LogP) is -0.0397. The van der Waals surface area contributed by atoms with E-state index in [1.54, 1.807) is 14.1 Å². The highest BCUT2D eigenvalue weighted by atomic mass is 32.2. The molecule has 2 fully saturated rings. The molecule has 2 N–H and O–H groups in total. The fourth-order valence-electron chi connectivity index (χ4n) is 3.01. The molecule has 0 saturated carbocycles. The van der Waals surface area contributed by atoms with E-state index in [4.69, 9.17) is 4.74 Å². The van der Waals surface area contributed by atoms with Gasteiger partial charge in [-0.05, 0) is 19.3 Å². The van der Waals surface area contributed by atoms with Gasteiger partial charge < -0.3 is 20.3 Å². The normalized spacial score (nSPS) is 22.5.